The number of benzene rings is 1. The first-order valence-electron chi connectivity index (χ1n) is 8.48. The summed E-state index contributed by atoms with van der Waals surface area (Å²) in [5.74, 6) is 1.07. The van der Waals surface area contributed by atoms with Crippen molar-refractivity contribution in [3.05, 3.63) is 41.7 Å². The maximum absolute atomic E-state index is 12.9. The number of hydrogen-bond donors (Lipinski definition) is 2. The Morgan fingerprint density at radius 2 is 2.16 bits per heavy atom. The summed E-state index contributed by atoms with van der Waals surface area (Å²) in [5.41, 5.74) is 1.40. The van der Waals surface area contributed by atoms with Crippen molar-refractivity contribution in [3.63, 3.8) is 0 Å². The van der Waals surface area contributed by atoms with Gasteiger partial charge in [0.2, 0.25) is 0 Å². The van der Waals surface area contributed by atoms with Gasteiger partial charge >= 0.3 is 0 Å². The standard InChI is InChI=1S/C18H21N3O4/c1-21-10-12(9-19-21)16(11-7-13(22)8-11)20-18(23)14-3-2-4-15-17(14)25-6-5-24-15/h2-4,9-11,13,16,22H,5-8H2,1H3,(H,20,23)/t11?,13?,16-/m0/s1. The van der Waals surface area contributed by atoms with E-state index in [0.717, 1.165) is 5.56 Å². The van der Waals surface area contributed by atoms with Crippen LogP contribution in [0.5, 0.6) is 11.5 Å². The Morgan fingerprint density at radius 1 is 1.36 bits per heavy atom. The fourth-order valence-electron chi connectivity index (χ4n) is 3.45. The third-order valence-corrected chi connectivity index (χ3v) is 4.80. The molecule has 1 saturated carbocycles. The van der Waals surface area contributed by atoms with Crippen LogP contribution in [0.3, 0.4) is 0 Å². The summed E-state index contributed by atoms with van der Waals surface area (Å²) in [5, 5.41) is 17.0. The smallest absolute Gasteiger partial charge is 0.255 e. The maximum Gasteiger partial charge on any atom is 0.255 e. The van der Waals surface area contributed by atoms with Crippen LogP contribution in [0.1, 0.15) is 34.8 Å². The van der Waals surface area contributed by atoms with Crippen LogP contribution in [-0.2, 0) is 7.05 Å². The Labute approximate surface area is 145 Å². The first-order chi connectivity index (χ1) is 12.1. The summed E-state index contributed by atoms with van der Waals surface area (Å²) in [6.45, 7) is 0.911. The van der Waals surface area contributed by atoms with Gasteiger partial charge in [0.25, 0.3) is 5.91 Å². The molecule has 1 amide bonds. The van der Waals surface area contributed by atoms with Gasteiger partial charge in [-0.3, -0.25) is 9.48 Å². The molecule has 1 aromatic carbocycles. The zero-order chi connectivity index (χ0) is 17.4. The van der Waals surface area contributed by atoms with Crippen molar-refractivity contribution in [2.24, 2.45) is 13.0 Å². The molecule has 0 spiro atoms. The van der Waals surface area contributed by atoms with Crippen molar-refractivity contribution >= 4 is 5.91 Å². The second-order valence-electron chi connectivity index (χ2n) is 6.61. The number of amides is 1. The largest absolute Gasteiger partial charge is 0.486 e. The minimum atomic E-state index is -0.290. The number of nitrogens with one attached hydrogen (secondary N) is 1. The molecular formula is C18H21N3O4. The van der Waals surface area contributed by atoms with E-state index >= 15 is 0 Å². The third-order valence-electron chi connectivity index (χ3n) is 4.80. The van der Waals surface area contributed by atoms with E-state index in [9.17, 15) is 9.90 Å². The number of rotatable bonds is 4. The van der Waals surface area contributed by atoms with Gasteiger partial charge in [0.05, 0.1) is 23.9 Å². The number of aliphatic hydroxyl groups excluding tert-OH is 1. The van der Waals surface area contributed by atoms with Gasteiger partial charge in [-0.2, -0.15) is 5.10 Å². The van der Waals surface area contributed by atoms with E-state index in [1.54, 1.807) is 29.1 Å². The zero-order valence-corrected chi connectivity index (χ0v) is 14.0. The lowest BCUT2D eigenvalue weighted by Gasteiger charge is -2.37. The summed E-state index contributed by atoms with van der Waals surface area (Å²) >= 11 is 0. The zero-order valence-electron chi connectivity index (χ0n) is 14.0. The molecule has 7 nitrogen and oxygen atoms in total. The molecule has 132 valence electrons. The highest BCUT2D eigenvalue weighted by molar-refractivity contribution is 5.98. The van der Waals surface area contributed by atoms with Crippen molar-refractivity contribution < 1.29 is 19.4 Å². The van der Waals surface area contributed by atoms with Crippen LogP contribution in [0, 0.1) is 5.92 Å². The van der Waals surface area contributed by atoms with Crippen LogP contribution in [0.2, 0.25) is 0 Å². The monoisotopic (exact) mass is 343 g/mol. The molecule has 2 N–H and O–H groups in total. The first kappa shape index (κ1) is 16.0. The Morgan fingerprint density at radius 3 is 2.88 bits per heavy atom. The van der Waals surface area contributed by atoms with Gasteiger partial charge in [-0.15, -0.1) is 0 Å². The molecule has 25 heavy (non-hydrogen) atoms. The normalized spacial score (nSPS) is 22.8. The summed E-state index contributed by atoms with van der Waals surface area (Å²) < 4.78 is 12.9. The van der Waals surface area contributed by atoms with Gasteiger partial charge in [0.1, 0.15) is 13.2 Å². The second-order valence-corrected chi connectivity index (χ2v) is 6.61. The molecule has 0 bridgehead atoms. The van der Waals surface area contributed by atoms with Crippen LogP contribution in [0.15, 0.2) is 30.6 Å². The SMILES string of the molecule is Cn1cc([C@@H](NC(=O)c2cccc3c2OCCO3)C2CC(O)C2)cn1. The Hall–Kier alpha value is -2.54. The molecule has 7 heteroatoms. The Kier molecular flexibility index (Phi) is 4.09. The molecule has 4 rings (SSSR count). The first-order valence-corrected chi connectivity index (χ1v) is 8.48. The number of carbonyl (C=O) groups excluding carboxylic acids is 1. The molecule has 1 fully saturated rings. The van der Waals surface area contributed by atoms with E-state index in [4.69, 9.17) is 9.47 Å². The molecule has 1 atom stereocenters. The van der Waals surface area contributed by atoms with E-state index in [2.05, 4.69) is 10.4 Å². The molecule has 0 unspecified atom stereocenters. The number of nitrogens with zero attached hydrogens (tertiary/aromatic N) is 2. The van der Waals surface area contributed by atoms with E-state index < -0.39 is 0 Å². The van der Waals surface area contributed by atoms with Crippen molar-refractivity contribution in [1.82, 2.24) is 15.1 Å². The van der Waals surface area contributed by atoms with Crippen molar-refractivity contribution in [1.29, 1.82) is 0 Å². The molecule has 1 aliphatic heterocycles. The molecule has 2 aromatic rings. The molecule has 1 aromatic heterocycles. The van der Waals surface area contributed by atoms with Crippen LogP contribution in [-0.4, -0.2) is 40.1 Å². The molecular weight excluding hydrogens is 322 g/mol. The van der Waals surface area contributed by atoms with Gasteiger partial charge in [0, 0.05) is 18.8 Å². The number of aryl methyl sites for hydroxylation is 1. The summed E-state index contributed by atoms with van der Waals surface area (Å²) in [6.07, 6.45) is 4.71. The molecule has 0 radical (unpaired) electrons. The summed E-state index contributed by atoms with van der Waals surface area (Å²) in [6, 6.07) is 5.13. The highest BCUT2D eigenvalue weighted by Gasteiger charge is 2.37. The summed E-state index contributed by atoms with van der Waals surface area (Å²) in [4.78, 5) is 12.9. The summed E-state index contributed by atoms with van der Waals surface area (Å²) in [7, 11) is 1.84. The van der Waals surface area contributed by atoms with Crippen LogP contribution < -0.4 is 14.8 Å². The van der Waals surface area contributed by atoms with Gasteiger partial charge in [-0.1, -0.05) is 6.07 Å². The van der Waals surface area contributed by atoms with E-state index in [-0.39, 0.29) is 24.0 Å². The number of para-hydroxylation sites is 1. The maximum atomic E-state index is 12.9. The predicted molar refractivity (Wildman–Crippen MR) is 89.6 cm³/mol. The minimum Gasteiger partial charge on any atom is -0.486 e. The number of hydrogen-bond acceptors (Lipinski definition) is 5. The van der Waals surface area contributed by atoms with E-state index in [0.29, 0.717) is 43.1 Å². The number of carbonyl (C=O) groups is 1. The Bertz CT molecular complexity index is 782. The minimum absolute atomic E-state index is 0.190. The molecule has 2 aliphatic rings. The van der Waals surface area contributed by atoms with Gasteiger partial charge in [0.15, 0.2) is 11.5 Å². The van der Waals surface area contributed by atoms with Crippen LogP contribution >= 0.6 is 0 Å². The fraction of sp³-hybridized carbons (Fsp3) is 0.444. The number of fused-ring (bicyclic) bond motifs is 1. The molecule has 0 saturated heterocycles. The average molecular weight is 343 g/mol. The quantitative estimate of drug-likeness (QED) is 0.877. The number of aliphatic hydroxyl groups is 1. The highest BCUT2D eigenvalue weighted by atomic mass is 16.6. The highest BCUT2D eigenvalue weighted by Crippen LogP contribution is 2.39. The lowest BCUT2D eigenvalue weighted by atomic mass is 9.75. The predicted octanol–water partition coefficient (Wildman–Crippen LogP) is 1.43. The van der Waals surface area contributed by atoms with Crippen LogP contribution in [0.4, 0.5) is 0 Å². The van der Waals surface area contributed by atoms with Gasteiger partial charge in [-0.25, -0.2) is 0 Å². The topological polar surface area (TPSA) is 85.6 Å². The van der Waals surface area contributed by atoms with Gasteiger partial charge in [-0.05, 0) is 30.9 Å². The number of aromatic nitrogens is 2. The lowest BCUT2D eigenvalue weighted by Crippen LogP contribution is -2.41. The fourth-order valence-corrected chi connectivity index (χ4v) is 3.45. The lowest BCUT2D eigenvalue weighted by molar-refractivity contribution is 0.0234. The van der Waals surface area contributed by atoms with Crippen molar-refractivity contribution in [3.8, 4) is 11.5 Å². The molecule has 1 aliphatic carbocycles. The van der Waals surface area contributed by atoms with E-state index in [1.165, 1.54) is 0 Å². The van der Waals surface area contributed by atoms with Crippen molar-refractivity contribution in [2.75, 3.05) is 13.2 Å². The molecule has 2 heterocycles. The second kappa shape index (κ2) is 6.40. The number of ether oxygens (including phenoxy) is 2. The van der Waals surface area contributed by atoms with Crippen LogP contribution in [0.25, 0.3) is 0 Å². The third kappa shape index (κ3) is 3.07. The Balaban J connectivity index is 1.59. The average Bonchev–Trinajstić information content (AvgIpc) is 3.02. The van der Waals surface area contributed by atoms with Gasteiger partial charge < -0.3 is 19.9 Å². The van der Waals surface area contributed by atoms with Crippen molar-refractivity contribution in [2.45, 2.75) is 25.0 Å². The van der Waals surface area contributed by atoms with E-state index in [1.807, 2.05) is 13.2 Å².